The summed E-state index contributed by atoms with van der Waals surface area (Å²) < 4.78 is 0. The monoisotopic (exact) mass is 346 g/mol. The van der Waals surface area contributed by atoms with Crippen LogP contribution in [0.15, 0.2) is 24.4 Å². The van der Waals surface area contributed by atoms with Gasteiger partial charge in [-0.1, -0.05) is 24.3 Å². The Morgan fingerprint density at radius 1 is 1.46 bits per heavy atom. The molecule has 6 nitrogen and oxygen atoms in total. The number of aryl methyl sites for hydroxylation is 1. The molecule has 3 heterocycles. The second-order valence-corrected chi connectivity index (χ2v) is 7.04. The Labute approximate surface area is 145 Å². The Balaban J connectivity index is 1.63. The van der Waals surface area contributed by atoms with Crippen molar-refractivity contribution in [1.82, 2.24) is 14.9 Å². The number of amides is 1. The van der Waals surface area contributed by atoms with Crippen LogP contribution in [0.4, 0.5) is 5.13 Å². The number of aliphatic hydroxyl groups excluding tert-OH is 1. The molecule has 128 valence electrons. The maximum absolute atomic E-state index is 12.7. The zero-order chi connectivity index (χ0) is 17.1. The highest BCUT2D eigenvalue weighted by Crippen LogP contribution is 2.31. The van der Waals surface area contributed by atoms with Gasteiger partial charge in [-0.25, -0.2) is 4.98 Å². The molecular weight excluding hydrogens is 324 g/mol. The van der Waals surface area contributed by atoms with E-state index in [2.05, 4.69) is 9.97 Å². The number of aliphatic hydroxyl groups is 1. The molecule has 1 fully saturated rings. The van der Waals surface area contributed by atoms with Crippen LogP contribution in [0.2, 0.25) is 0 Å². The maximum Gasteiger partial charge on any atom is 0.265 e. The summed E-state index contributed by atoms with van der Waals surface area (Å²) in [4.78, 5) is 23.7. The van der Waals surface area contributed by atoms with Crippen molar-refractivity contribution in [2.24, 2.45) is 5.92 Å². The molecule has 0 radical (unpaired) electrons. The molecule has 3 N–H and O–H groups in total. The van der Waals surface area contributed by atoms with Crippen LogP contribution in [0.25, 0.3) is 0 Å². The number of rotatable bonds is 4. The van der Waals surface area contributed by atoms with Crippen LogP contribution in [0.1, 0.15) is 46.9 Å². The second kappa shape index (κ2) is 7.27. The van der Waals surface area contributed by atoms with E-state index in [1.54, 1.807) is 6.20 Å². The van der Waals surface area contributed by atoms with E-state index in [1.807, 2.05) is 30.0 Å². The van der Waals surface area contributed by atoms with Gasteiger partial charge < -0.3 is 15.7 Å². The summed E-state index contributed by atoms with van der Waals surface area (Å²) in [6.45, 7) is 3.24. The predicted molar refractivity (Wildman–Crippen MR) is 93.7 cm³/mol. The van der Waals surface area contributed by atoms with Crippen molar-refractivity contribution in [1.29, 1.82) is 0 Å². The van der Waals surface area contributed by atoms with Crippen LogP contribution in [0, 0.1) is 5.92 Å². The zero-order valence-electron chi connectivity index (χ0n) is 13.7. The van der Waals surface area contributed by atoms with Crippen LogP contribution in [0.3, 0.4) is 0 Å². The molecule has 1 atom stereocenters. The molecule has 1 amide bonds. The molecule has 0 saturated carbocycles. The van der Waals surface area contributed by atoms with Crippen LogP contribution >= 0.6 is 11.3 Å². The first-order valence-electron chi connectivity index (χ1n) is 8.23. The topological polar surface area (TPSA) is 92.3 Å². The first-order valence-corrected chi connectivity index (χ1v) is 9.05. The van der Waals surface area contributed by atoms with E-state index in [0.29, 0.717) is 35.2 Å². The molecule has 0 aliphatic carbocycles. The average molecular weight is 346 g/mol. The van der Waals surface area contributed by atoms with E-state index in [4.69, 9.17) is 5.73 Å². The van der Waals surface area contributed by atoms with Crippen molar-refractivity contribution >= 4 is 22.4 Å². The molecule has 2 aromatic rings. The SMILES string of the molecule is CCc1nc(N)sc1C(=O)N1CCC([C@H](O)c2ccccn2)CC1. The Morgan fingerprint density at radius 3 is 2.83 bits per heavy atom. The number of carbonyl (C=O) groups excluding carboxylic acids is 1. The van der Waals surface area contributed by atoms with Gasteiger partial charge in [0.1, 0.15) is 4.88 Å². The van der Waals surface area contributed by atoms with Gasteiger partial charge in [-0.2, -0.15) is 0 Å². The minimum atomic E-state index is -0.575. The van der Waals surface area contributed by atoms with Crippen molar-refractivity contribution in [3.63, 3.8) is 0 Å². The highest BCUT2D eigenvalue weighted by Gasteiger charge is 2.30. The van der Waals surface area contributed by atoms with Crippen molar-refractivity contribution in [3.8, 4) is 0 Å². The Morgan fingerprint density at radius 2 is 2.21 bits per heavy atom. The summed E-state index contributed by atoms with van der Waals surface area (Å²) in [6, 6.07) is 5.56. The number of thiazole rings is 1. The highest BCUT2D eigenvalue weighted by atomic mass is 32.1. The number of nitrogens with zero attached hydrogens (tertiary/aromatic N) is 3. The summed E-state index contributed by atoms with van der Waals surface area (Å²) in [6.07, 6.45) is 3.34. The first-order chi connectivity index (χ1) is 11.6. The summed E-state index contributed by atoms with van der Waals surface area (Å²) in [5.74, 6) is 0.132. The first kappa shape index (κ1) is 16.9. The number of hydrogen-bond donors (Lipinski definition) is 2. The minimum Gasteiger partial charge on any atom is -0.387 e. The molecule has 0 bridgehead atoms. The normalized spacial score (nSPS) is 17.0. The lowest BCUT2D eigenvalue weighted by Crippen LogP contribution is -2.39. The average Bonchev–Trinajstić information content (AvgIpc) is 3.02. The summed E-state index contributed by atoms with van der Waals surface area (Å²) in [5.41, 5.74) is 7.22. The van der Waals surface area contributed by atoms with E-state index < -0.39 is 6.10 Å². The van der Waals surface area contributed by atoms with E-state index >= 15 is 0 Å². The molecule has 2 aromatic heterocycles. The highest BCUT2D eigenvalue weighted by molar-refractivity contribution is 7.17. The molecular formula is C17H22N4O2S. The van der Waals surface area contributed by atoms with Crippen molar-refractivity contribution in [3.05, 3.63) is 40.7 Å². The number of piperidine rings is 1. The molecule has 0 unspecified atom stereocenters. The standard InChI is InChI=1S/C17H22N4O2S/c1-2-12-15(24-17(18)20-12)16(23)21-9-6-11(7-10-21)14(22)13-5-3-4-8-19-13/h3-5,8,11,14,22H,2,6-7,9-10H2,1H3,(H2,18,20)/t14-/m0/s1. The van der Waals surface area contributed by atoms with Gasteiger partial charge in [0.05, 0.1) is 17.5 Å². The molecule has 7 heteroatoms. The van der Waals surface area contributed by atoms with Crippen LogP contribution < -0.4 is 5.73 Å². The summed E-state index contributed by atoms with van der Waals surface area (Å²) in [7, 11) is 0. The number of pyridine rings is 1. The van der Waals surface area contributed by atoms with Gasteiger partial charge in [0.2, 0.25) is 0 Å². The molecule has 24 heavy (non-hydrogen) atoms. The number of nitrogen functional groups attached to an aromatic ring is 1. The fourth-order valence-electron chi connectivity index (χ4n) is 3.13. The third-order valence-corrected chi connectivity index (χ3v) is 5.42. The van der Waals surface area contributed by atoms with Crippen molar-refractivity contribution in [2.75, 3.05) is 18.8 Å². The quantitative estimate of drug-likeness (QED) is 0.886. The largest absolute Gasteiger partial charge is 0.387 e. The van der Waals surface area contributed by atoms with E-state index in [-0.39, 0.29) is 11.8 Å². The van der Waals surface area contributed by atoms with Gasteiger partial charge in [0.15, 0.2) is 5.13 Å². The Hall–Kier alpha value is -1.99. The number of anilines is 1. The lowest BCUT2D eigenvalue weighted by molar-refractivity contribution is 0.0450. The number of carbonyl (C=O) groups is 1. The fourth-order valence-corrected chi connectivity index (χ4v) is 4.02. The predicted octanol–water partition coefficient (Wildman–Crippen LogP) is 2.27. The molecule has 3 rings (SSSR count). The van der Waals surface area contributed by atoms with Crippen molar-refractivity contribution in [2.45, 2.75) is 32.3 Å². The number of likely N-dealkylation sites (tertiary alicyclic amines) is 1. The van der Waals surface area contributed by atoms with Gasteiger partial charge in [0.25, 0.3) is 5.91 Å². The minimum absolute atomic E-state index is 0.00632. The Kier molecular flexibility index (Phi) is 5.11. The van der Waals surface area contributed by atoms with E-state index in [1.165, 1.54) is 11.3 Å². The third-order valence-electron chi connectivity index (χ3n) is 4.51. The van der Waals surface area contributed by atoms with Gasteiger partial charge in [-0.15, -0.1) is 0 Å². The number of nitrogens with two attached hydrogens (primary N) is 1. The lowest BCUT2D eigenvalue weighted by atomic mass is 9.89. The zero-order valence-corrected chi connectivity index (χ0v) is 14.5. The third kappa shape index (κ3) is 3.42. The molecule has 1 aliphatic rings. The Bertz CT molecular complexity index is 696. The van der Waals surface area contributed by atoms with Gasteiger partial charge in [-0.3, -0.25) is 9.78 Å². The van der Waals surface area contributed by atoms with Gasteiger partial charge in [-0.05, 0) is 37.3 Å². The lowest BCUT2D eigenvalue weighted by Gasteiger charge is -2.34. The van der Waals surface area contributed by atoms with Gasteiger partial charge in [0, 0.05) is 19.3 Å². The maximum atomic E-state index is 12.7. The van der Waals surface area contributed by atoms with Gasteiger partial charge >= 0.3 is 0 Å². The smallest absolute Gasteiger partial charge is 0.265 e. The molecule has 1 saturated heterocycles. The molecule has 0 spiro atoms. The fraction of sp³-hybridized carbons (Fsp3) is 0.471. The molecule has 1 aliphatic heterocycles. The summed E-state index contributed by atoms with van der Waals surface area (Å²) >= 11 is 1.26. The van der Waals surface area contributed by atoms with E-state index in [9.17, 15) is 9.90 Å². The van der Waals surface area contributed by atoms with Crippen LogP contribution in [-0.4, -0.2) is 39.0 Å². The van der Waals surface area contributed by atoms with Crippen molar-refractivity contribution < 1.29 is 9.90 Å². The van der Waals surface area contributed by atoms with E-state index in [0.717, 1.165) is 18.5 Å². The molecule has 0 aromatic carbocycles. The number of hydrogen-bond acceptors (Lipinski definition) is 6. The van der Waals surface area contributed by atoms with Crippen LogP contribution in [0.5, 0.6) is 0 Å². The van der Waals surface area contributed by atoms with Crippen LogP contribution in [-0.2, 0) is 6.42 Å². The summed E-state index contributed by atoms with van der Waals surface area (Å²) in [5, 5.41) is 10.9. The second-order valence-electron chi connectivity index (χ2n) is 6.01. The number of aromatic nitrogens is 2.